The molecule has 7 nitrogen and oxygen atoms in total. The molecule has 26 heavy (non-hydrogen) atoms. The molecule has 3 aromatic rings. The Morgan fingerprint density at radius 1 is 1.19 bits per heavy atom. The zero-order valence-electron chi connectivity index (χ0n) is 14.8. The van der Waals surface area contributed by atoms with Crippen molar-refractivity contribution in [2.24, 2.45) is 0 Å². The Hall–Kier alpha value is -2.93. The van der Waals surface area contributed by atoms with E-state index in [0.717, 1.165) is 42.4 Å². The van der Waals surface area contributed by atoms with Crippen molar-refractivity contribution in [3.8, 4) is 5.75 Å². The Morgan fingerprint density at radius 3 is 2.69 bits per heavy atom. The number of rotatable bonds is 4. The van der Waals surface area contributed by atoms with E-state index in [4.69, 9.17) is 4.74 Å². The van der Waals surface area contributed by atoms with Crippen LogP contribution in [0.5, 0.6) is 5.75 Å². The standard InChI is InChI=1S/C19H21N5O2/c1-23-10-9-13(11-23)18-22-21-17-8-3-14(12-24(17)18)19(25)20-15-4-6-16(26-2)7-5-15/h3-8,12-13H,9-11H2,1-2H3,(H,20,25)/t13-/m0/s1. The summed E-state index contributed by atoms with van der Waals surface area (Å²) in [5.41, 5.74) is 2.05. The van der Waals surface area contributed by atoms with Crippen molar-refractivity contribution < 1.29 is 9.53 Å². The van der Waals surface area contributed by atoms with Crippen molar-refractivity contribution in [2.75, 3.05) is 32.6 Å². The van der Waals surface area contributed by atoms with Gasteiger partial charge in [0.2, 0.25) is 0 Å². The molecule has 0 spiro atoms. The number of benzene rings is 1. The van der Waals surface area contributed by atoms with Crippen LogP contribution in [0.1, 0.15) is 28.5 Å². The van der Waals surface area contributed by atoms with Crippen LogP contribution in [0.15, 0.2) is 42.6 Å². The molecule has 2 aromatic heterocycles. The highest BCUT2D eigenvalue weighted by Crippen LogP contribution is 2.25. The molecule has 7 heteroatoms. The van der Waals surface area contributed by atoms with Crippen molar-refractivity contribution >= 4 is 17.2 Å². The molecule has 1 N–H and O–H groups in total. The number of amides is 1. The summed E-state index contributed by atoms with van der Waals surface area (Å²) >= 11 is 0. The number of pyridine rings is 1. The molecular weight excluding hydrogens is 330 g/mol. The van der Waals surface area contributed by atoms with E-state index in [1.165, 1.54) is 0 Å². The van der Waals surface area contributed by atoms with Gasteiger partial charge in [0.1, 0.15) is 11.6 Å². The van der Waals surface area contributed by atoms with Crippen LogP contribution in [0.3, 0.4) is 0 Å². The normalized spacial score (nSPS) is 17.5. The summed E-state index contributed by atoms with van der Waals surface area (Å²) in [6.45, 7) is 2.01. The van der Waals surface area contributed by atoms with Crippen LogP contribution >= 0.6 is 0 Å². The number of anilines is 1. The Balaban J connectivity index is 1.58. The molecule has 134 valence electrons. The predicted molar refractivity (Wildman–Crippen MR) is 98.8 cm³/mol. The highest BCUT2D eigenvalue weighted by molar-refractivity contribution is 6.04. The van der Waals surface area contributed by atoms with Gasteiger partial charge >= 0.3 is 0 Å². The summed E-state index contributed by atoms with van der Waals surface area (Å²) in [5, 5.41) is 11.5. The summed E-state index contributed by atoms with van der Waals surface area (Å²) < 4.78 is 7.07. The molecule has 3 heterocycles. The van der Waals surface area contributed by atoms with E-state index in [2.05, 4.69) is 27.5 Å². The predicted octanol–water partition coefficient (Wildman–Crippen LogP) is 2.41. The maximum absolute atomic E-state index is 12.6. The average Bonchev–Trinajstić information content (AvgIpc) is 3.27. The summed E-state index contributed by atoms with van der Waals surface area (Å²) in [6.07, 6.45) is 2.88. The molecular formula is C19H21N5O2. The molecule has 1 saturated heterocycles. The lowest BCUT2D eigenvalue weighted by Crippen LogP contribution is -2.15. The van der Waals surface area contributed by atoms with E-state index < -0.39 is 0 Å². The van der Waals surface area contributed by atoms with Crippen molar-refractivity contribution in [3.63, 3.8) is 0 Å². The highest BCUT2D eigenvalue weighted by Gasteiger charge is 2.25. The van der Waals surface area contributed by atoms with Gasteiger partial charge in [-0.3, -0.25) is 9.20 Å². The number of fused-ring (bicyclic) bond motifs is 1. The van der Waals surface area contributed by atoms with Gasteiger partial charge in [0.25, 0.3) is 5.91 Å². The molecule has 0 unspecified atom stereocenters. The number of ether oxygens (including phenoxy) is 1. The average molecular weight is 351 g/mol. The van der Waals surface area contributed by atoms with Gasteiger partial charge in [-0.05, 0) is 56.4 Å². The van der Waals surface area contributed by atoms with Crippen molar-refractivity contribution in [1.82, 2.24) is 19.5 Å². The summed E-state index contributed by atoms with van der Waals surface area (Å²) in [4.78, 5) is 14.9. The number of aromatic nitrogens is 3. The number of hydrogen-bond donors (Lipinski definition) is 1. The number of likely N-dealkylation sites (N-methyl/N-ethyl adjacent to an activating group) is 1. The number of methoxy groups -OCH3 is 1. The topological polar surface area (TPSA) is 71.8 Å². The Kier molecular flexibility index (Phi) is 4.30. The first kappa shape index (κ1) is 16.5. The largest absolute Gasteiger partial charge is 0.497 e. The zero-order valence-corrected chi connectivity index (χ0v) is 14.8. The fourth-order valence-corrected chi connectivity index (χ4v) is 3.34. The van der Waals surface area contributed by atoms with E-state index in [9.17, 15) is 4.79 Å². The first-order valence-electron chi connectivity index (χ1n) is 8.62. The van der Waals surface area contributed by atoms with E-state index in [0.29, 0.717) is 11.5 Å². The van der Waals surface area contributed by atoms with E-state index in [1.807, 2.05) is 40.9 Å². The quantitative estimate of drug-likeness (QED) is 0.781. The highest BCUT2D eigenvalue weighted by atomic mass is 16.5. The molecule has 0 bridgehead atoms. The Morgan fingerprint density at radius 2 is 2.00 bits per heavy atom. The summed E-state index contributed by atoms with van der Waals surface area (Å²) in [6, 6.07) is 10.9. The molecule has 1 amide bonds. The van der Waals surface area contributed by atoms with Gasteiger partial charge in [-0.2, -0.15) is 0 Å². The van der Waals surface area contributed by atoms with E-state index in [1.54, 1.807) is 13.2 Å². The number of likely N-dealkylation sites (tertiary alicyclic amines) is 1. The van der Waals surface area contributed by atoms with Crippen LogP contribution in [0, 0.1) is 0 Å². The third-order valence-electron chi connectivity index (χ3n) is 4.80. The number of hydrogen-bond acceptors (Lipinski definition) is 5. The first-order chi connectivity index (χ1) is 12.6. The fraction of sp³-hybridized carbons (Fsp3) is 0.316. The monoisotopic (exact) mass is 351 g/mol. The minimum atomic E-state index is -0.166. The Bertz CT molecular complexity index is 935. The van der Waals surface area contributed by atoms with Crippen molar-refractivity contribution in [2.45, 2.75) is 12.3 Å². The lowest BCUT2D eigenvalue weighted by molar-refractivity contribution is 0.102. The van der Waals surface area contributed by atoms with Crippen LogP contribution in [-0.2, 0) is 0 Å². The van der Waals surface area contributed by atoms with Crippen LogP contribution in [0.2, 0.25) is 0 Å². The summed E-state index contributed by atoms with van der Waals surface area (Å²) in [5.74, 6) is 1.85. The lowest BCUT2D eigenvalue weighted by atomic mass is 10.1. The number of nitrogens with one attached hydrogen (secondary N) is 1. The molecule has 0 radical (unpaired) electrons. The van der Waals surface area contributed by atoms with Crippen LogP contribution in [-0.4, -0.2) is 52.7 Å². The molecule has 1 aromatic carbocycles. The number of nitrogens with zero attached hydrogens (tertiary/aromatic N) is 4. The molecule has 1 atom stereocenters. The van der Waals surface area contributed by atoms with Gasteiger partial charge < -0.3 is 15.0 Å². The van der Waals surface area contributed by atoms with Gasteiger partial charge in [0.15, 0.2) is 5.65 Å². The molecule has 1 aliphatic heterocycles. The summed E-state index contributed by atoms with van der Waals surface area (Å²) in [7, 11) is 3.72. The van der Waals surface area contributed by atoms with Crippen molar-refractivity contribution in [3.05, 3.63) is 54.0 Å². The van der Waals surface area contributed by atoms with Gasteiger partial charge in [0.05, 0.1) is 12.7 Å². The number of carbonyl (C=O) groups excluding carboxylic acids is 1. The third kappa shape index (κ3) is 3.13. The zero-order chi connectivity index (χ0) is 18.1. The molecule has 4 rings (SSSR count). The SMILES string of the molecule is COc1ccc(NC(=O)c2ccc3nnc([C@H]4CCN(C)C4)n3c2)cc1. The first-order valence-corrected chi connectivity index (χ1v) is 8.62. The van der Waals surface area contributed by atoms with Gasteiger partial charge in [-0.1, -0.05) is 0 Å². The van der Waals surface area contributed by atoms with Crippen LogP contribution in [0.25, 0.3) is 5.65 Å². The molecule has 1 aliphatic rings. The second kappa shape index (κ2) is 6.76. The molecule has 0 saturated carbocycles. The maximum Gasteiger partial charge on any atom is 0.257 e. The smallest absolute Gasteiger partial charge is 0.257 e. The number of carbonyl (C=O) groups is 1. The van der Waals surface area contributed by atoms with Crippen LogP contribution in [0.4, 0.5) is 5.69 Å². The van der Waals surface area contributed by atoms with Gasteiger partial charge in [-0.15, -0.1) is 10.2 Å². The van der Waals surface area contributed by atoms with Gasteiger partial charge in [0, 0.05) is 24.3 Å². The molecule has 0 aliphatic carbocycles. The lowest BCUT2D eigenvalue weighted by Gasteiger charge is -2.10. The minimum Gasteiger partial charge on any atom is -0.497 e. The Labute approximate surface area is 151 Å². The fourth-order valence-electron chi connectivity index (χ4n) is 3.34. The minimum absolute atomic E-state index is 0.166. The second-order valence-corrected chi connectivity index (χ2v) is 6.63. The molecule has 1 fully saturated rings. The second-order valence-electron chi connectivity index (χ2n) is 6.63. The van der Waals surface area contributed by atoms with Crippen molar-refractivity contribution in [1.29, 1.82) is 0 Å². The van der Waals surface area contributed by atoms with E-state index in [-0.39, 0.29) is 5.91 Å². The van der Waals surface area contributed by atoms with Gasteiger partial charge in [-0.25, -0.2) is 0 Å². The maximum atomic E-state index is 12.6. The third-order valence-corrected chi connectivity index (χ3v) is 4.80. The van der Waals surface area contributed by atoms with E-state index >= 15 is 0 Å². The van der Waals surface area contributed by atoms with Crippen LogP contribution < -0.4 is 10.1 Å².